The van der Waals surface area contributed by atoms with E-state index in [9.17, 15) is 18.0 Å². The van der Waals surface area contributed by atoms with E-state index in [0.717, 1.165) is 12.1 Å². The van der Waals surface area contributed by atoms with Gasteiger partial charge < -0.3 is 15.2 Å². The summed E-state index contributed by atoms with van der Waals surface area (Å²) in [4.78, 5) is 11.2. The van der Waals surface area contributed by atoms with Crippen molar-refractivity contribution in [3.63, 3.8) is 0 Å². The van der Waals surface area contributed by atoms with Crippen LogP contribution < -0.4 is 10.1 Å². The summed E-state index contributed by atoms with van der Waals surface area (Å²) in [7, 11) is 0. The summed E-state index contributed by atoms with van der Waals surface area (Å²) in [6.45, 7) is 5.15. The standard InChI is InChI=1S/C13H16F3NO3/c1-12(2,3)10(11(18)19)17-8-5-4-6-9(7-8)20-13(14,15)16/h4-7,10,17H,1-3H3,(H,18,19)/t10-/m1/s1. The summed E-state index contributed by atoms with van der Waals surface area (Å²) in [5, 5.41) is 11.8. The number of alkyl halides is 3. The lowest BCUT2D eigenvalue weighted by Crippen LogP contribution is -2.41. The smallest absolute Gasteiger partial charge is 0.480 e. The molecule has 0 aromatic heterocycles. The van der Waals surface area contributed by atoms with E-state index in [1.807, 2.05) is 0 Å². The van der Waals surface area contributed by atoms with Gasteiger partial charge in [0, 0.05) is 11.8 Å². The average Bonchev–Trinajstić information content (AvgIpc) is 2.22. The van der Waals surface area contributed by atoms with Gasteiger partial charge in [0.2, 0.25) is 0 Å². The van der Waals surface area contributed by atoms with Gasteiger partial charge in [0.25, 0.3) is 0 Å². The number of halogens is 3. The maximum Gasteiger partial charge on any atom is 0.573 e. The Morgan fingerprint density at radius 2 is 1.90 bits per heavy atom. The molecule has 20 heavy (non-hydrogen) atoms. The van der Waals surface area contributed by atoms with E-state index in [-0.39, 0.29) is 5.69 Å². The molecule has 0 bridgehead atoms. The highest BCUT2D eigenvalue weighted by Crippen LogP contribution is 2.28. The molecule has 0 spiro atoms. The van der Waals surface area contributed by atoms with Crippen LogP contribution in [0.1, 0.15) is 20.8 Å². The van der Waals surface area contributed by atoms with Crippen LogP contribution in [0.5, 0.6) is 5.75 Å². The third kappa shape index (κ3) is 4.99. The number of anilines is 1. The van der Waals surface area contributed by atoms with Gasteiger partial charge >= 0.3 is 12.3 Å². The molecule has 0 aliphatic heterocycles. The van der Waals surface area contributed by atoms with E-state index < -0.39 is 29.5 Å². The van der Waals surface area contributed by atoms with Crippen LogP contribution >= 0.6 is 0 Å². The maximum atomic E-state index is 12.1. The molecule has 0 radical (unpaired) electrons. The quantitative estimate of drug-likeness (QED) is 0.891. The Balaban J connectivity index is 2.92. The van der Waals surface area contributed by atoms with Gasteiger partial charge in [0.15, 0.2) is 0 Å². The minimum atomic E-state index is -4.78. The summed E-state index contributed by atoms with van der Waals surface area (Å²) in [6.07, 6.45) is -4.78. The van der Waals surface area contributed by atoms with E-state index in [2.05, 4.69) is 10.1 Å². The van der Waals surface area contributed by atoms with Crippen LogP contribution in [0, 0.1) is 5.41 Å². The van der Waals surface area contributed by atoms with Crippen molar-refractivity contribution in [1.82, 2.24) is 0 Å². The van der Waals surface area contributed by atoms with E-state index >= 15 is 0 Å². The Labute approximate surface area is 114 Å². The summed E-state index contributed by atoms with van der Waals surface area (Å²) in [5.74, 6) is -1.49. The minimum Gasteiger partial charge on any atom is -0.480 e. The number of ether oxygens (including phenoxy) is 1. The predicted octanol–water partition coefficient (Wildman–Crippen LogP) is 3.50. The van der Waals surface area contributed by atoms with Crippen LogP contribution in [0.15, 0.2) is 24.3 Å². The molecule has 0 heterocycles. The first-order chi connectivity index (χ1) is 8.99. The van der Waals surface area contributed by atoms with Gasteiger partial charge in [-0.2, -0.15) is 0 Å². The molecular formula is C13H16F3NO3. The third-order valence-electron chi connectivity index (χ3n) is 2.49. The zero-order valence-electron chi connectivity index (χ0n) is 11.3. The van der Waals surface area contributed by atoms with Crippen molar-refractivity contribution >= 4 is 11.7 Å². The molecule has 1 atom stereocenters. The highest BCUT2D eigenvalue weighted by molar-refractivity contribution is 5.78. The summed E-state index contributed by atoms with van der Waals surface area (Å²) in [6, 6.07) is 4.14. The second kappa shape index (κ2) is 5.60. The van der Waals surface area contributed by atoms with E-state index in [1.165, 1.54) is 12.1 Å². The fourth-order valence-corrected chi connectivity index (χ4v) is 1.60. The lowest BCUT2D eigenvalue weighted by Gasteiger charge is -2.28. The number of aliphatic carboxylic acids is 1. The first kappa shape index (κ1) is 16.1. The molecule has 7 heteroatoms. The van der Waals surface area contributed by atoms with Crippen molar-refractivity contribution in [2.24, 2.45) is 5.41 Å². The molecule has 2 N–H and O–H groups in total. The first-order valence-electron chi connectivity index (χ1n) is 5.84. The van der Waals surface area contributed by atoms with Crippen molar-refractivity contribution in [1.29, 1.82) is 0 Å². The molecular weight excluding hydrogens is 275 g/mol. The Morgan fingerprint density at radius 1 is 1.30 bits per heavy atom. The summed E-state index contributed by atoms with van der Waals surface area (Å²) in [5.41, 5.74) is -0.360. The first-order valence-corrected chi connectivity index (χ1v) is 5.84. The molecule has 1 rings (SSSR count). The lowest BCUT2D eigenvalue weighted by molar-refractivity contribution is -0.274. The number of hydrogen-bond donors (Lipinski definition) is 2. The third-order valence-corrected chi connectivity index (χ3v) is 2.49. The molecule has 4 nitrogen and oxygen atoms in total. The normalized spacial score (nSPS) is 13.7. The Bertz CT molecular complexity index is 480. The highest BCUT2D eigenvalue weighted by atomic mass is 19.4. The van der Waals surface area contributed by atoms with Gasteiger partial charge in [-0.05, 0) is 17.5 Å². The molecule has 0 aliphatic rings. The summed E-state index contributed by atoms with van der Waals surface area (Å²) < 4.78 is 40.1. The van der Waals surface area contributed by atoms with Crippen molar-refractivity contribution in [3.8, 4) is 5.75 Å². The number of carboxylic acids is 1. The Hall–Kier alpha value is -1.92. The zero-order chi connectivity index (χ0) is 15.6. The minimum absolute atomic E-state index is 0.245. The van der Waals surface area contributed by atoms with Gasteiger partial charge in [0.05, 0.1) is 0 Å². The van der Waals surface area contributed by atoms with Gasteiger partial charge in [-0.15, -0.1) is 13.2 Å². The Kier molecular flexibility index (Phi) is 4.52. The number of carboxylic acid groups (broad SMARTS) is 1. The molecule has 0 amide bonds. The highest BCUT2D eigenvalue weighted by Gasteiger charge is 2.32. The van der Waals surface area contributed by atoms with Crippen LogP contribution in [0.2, 0.25) is 0 Å². The monoisotopic (exact) mass is 291 g/mol. The van der Waals surface area contributed by atoms with Crippen molar-refractivity contribution in [2.75, 3.05) is 5.32 Å². The topological polar surface area (TPSA) is 58.6 Å². The lowest BCUT2D eigenvalue weighted by atomic mass is 9.86. The molecule has 0 saturated carbocycles. The molecule has 1 aromatic carbocycles. The van der Waals surface area contributed by atoms with Gasteiger partial charge in [-0.3, -0.25) is 0 Å². The van der Waals surface area contributed by atoms with Gasteiger partial charge in [-0.1, -0.05) is 26.8 Å². The SMILES string of the molecule is CC(C)(C)[C@H](Nc1cccc(OC(F)(F)F)c1)C(=O)O. The average molecular weight is 291 g/mol. The van der Waals surface area contributed by atoms with Gasteiger partial charge in [0.1, 0.15) is 11.8 Å². The van der Waals surface area contributed by atoms with Crippen LogP contribution in [0.3, 0.4) is 0 Å². The van der Waals surface area contributed by atoms with Gasteiger partial charge in [-0.25, -0.2) is 4.79 Å². The van der Waals surface area contributed by atoms with Crippen LogP contribution in [0.25, 0.3) is 0 Å². The fraction of sp³-hybridized carbons (Fsp3) is 0.462. The molecule has 0 fully saturated rings. The van der Waals surface area contributed by atoms with Crippen LogP contribution in [-0.4, -0.2) is 23.5 Å². The van der Waals surface area contributed by atoms with E-state index in [4.69, 9.17) is 5.11 Å². The van der Waals surface area contributed by atoms with E-state index in [1.54, 1.807) is 20.8 Å². The second-order valence-corrected chi connectivity index (χ2v) is 5.36. The number of benzene rings is 1. The summed E-state index contributed by atoms with van der Waals surface area (Å²) >= 11 is 0. The van der Waals surface area contributed by atoms with Crippen molar-refractivity contribution in [2.45, 2.75) is 33.2 Å². The largest absolute Gasteiger partial charge is 0.573 e. The number of carbonyl (C=O) groups is 1. The number of nitrogens with one attached hydrogen (secondary N) is 1. The number of hydrogen-bond acceptors (Lipinski definition) is 3. The second-order valence-electron chi connectivity index (χ2n) is 5.36. The molecule has 0 saturated heterocycles. The Morgan fingerprint density at radius 3 is 2.35 bits per heavy atom. The van der Waals surface area contributed by atoms with Crippen LogP contribution in [0.4, 0.5) is 18.9 Å². The van der Waals surface area contributed by atoms with Crippen LogP contribution in [-0.2, 0) is 4.79 Å². The molecule has 1 aromatic rings. The zero-order valence-corrected chi connectivity index (χ0v) is 11.3. The van der Waals surface area contributed by atoms with Crippen molar-refractivity contribution in [3.05, 3.63) is 24.3 Å². The molecule has 0 unspecified atom stereocenters. The molecule has 0 aliphatic carbocycles. The number of rotatable bonds is 4. The maximum absolute atomic E-state index is 12.1. The van der Waals surface area contributed by atoms with Crippen molar-refractivity contribution < 1.29 is 27.8 Å². The molecule has 112 valence electrons. The van der Waals surface area contributed by atoms with E-state index in [0.29, 0.717) is 0 Å². The fourth-order valence-electron chi connectivity index (χ4n) is 1.60. The predicted molar refractivity (Wildman–Crippen MR) is 67.6 cm³/mol.